The third-order valence-corrected chi connectivity index (χ3v) is 5.90. The Labute approximate surface area is 121 Å². The van der Waals surface area contributed by atoms with Crippen LogP contribution in [0.15, 0.2) is 27.6 Å². The summed E-state index contributed by atoms with van der Waals surface area (Å²) in [7, 11) is -3.53. The summed E-state index contributed by atoms with van der Waals surface area (Å²) in [5, 5.41) is 0. The normalized spacial score (nSPS) is 13.5. The molecule has 102 valence electrons. The predicted octanol–water partition coefficient (Wildman–Crippen LogP) is 2.45. The summed E-state index contributed by atoms with van der Waals surface area (Å²) >= 11 is 4.92. The van der Waals surface area contributed by atoms with Gasteiger partial charge < -0.3 is 5.73 Å². The number of nitrogens with two attached hydrogens (primary N) is 1. The first-order chi connectivity index (χ1) is 8.36. The van der Waals surface area contributed by atoms with E-state index >= 15 is 0 Å². The third kappa shape index (κ3) is 4.46. The molecule has 1 aromatic carbocycles. The number of hydrogen-bond acceptors (Lipinski definition) is 4. The maximum Gasteiger partial charge on any atom is 0.242 e. The number of nitrogen functional groups attached to an aromatic ring is 1. The molecule has 0 aromatic heterocycles. The summed E-state index contributed by atoms with van der Waals surface area (Å²) in [6.07, 6.45) is 0. The summed E-state index contributed by atoms with van der Waals surface area (Å²) in [6, 6.07) is 4.62. The van der Waals surface area contributed by atoms with Crippen LogP contribution < -0.4 is 10.5 Å². The van der Waals surface area contributed by atoms with Gasteiger partial charge in [-0.2, -0.15) is 11.8 Å². The van der Waals surface area contributed by atoms with E-state index in [2.05, 4.69) is 20.7 Å². The quantitative estimate of drug-likeness (QED) is 0.771. The van der Waals surface area contributed by atoms with Gasteiger partial charge in [-0.1, -0.05) is 6.92 Å². The molecule has 0 saturated heterocycles. The molecule has 1 aromatic rings. The second-order valence-corrected chi connectivity index (χ2v) is 7.73. The van der Waals surface area contributed by atoms with E-state index in [9.17, 15) is 8.42 Å². The monoisotopic (exact) mass is 352 g/mol. The first-order valence-corrected chi connectivity index (χ1v) is 8.95. The highest BCUT2D eigenvalue weighted by molar-refractivity contribution is 9.10. The molecule has 0 aliphatic carbocycles. The van der Waals surface area contributed by atoms with Crippen molar-refractivity contribution in [1.82, 2.24) is 4.72 Å². The van der Waals surface area contributed by atoms with Gasteiger partial charge in [0.05, 0.1) is 4.90 Å². The summed E-state index contributed by atoms with van der Waals surface area (Å²) in [4.78, 5) is 0.177. The van der Waals surface area contributed by atoms with Crippen LogP contribution in [0.25, 0.3) is 0 Å². The highest BCUT2D eigenvalue weighted by Gasteiger charge is 2.20. The second-order valence-electron chi connectivity index (χ2n) is 3.87. The molecular weight excluding hydrogens is 336 g/mol. The van der Waals surface area contributed by atoms with Crippen LogP contribution in [0.2, 0.25) is 0 Å². The zero-order chi connectivity index (χ0) is 13.8. The Balaban J connectivity index is 2.89. The van der Waals surface area contributed by atoms with E-state index in [1.807, 2.05) is 13.8 Å². The van der Waals surface area contributed by atoms with E-state index < -0.39 is 10.0 Å². The van der Waals surface area contributed by atoms with Crippen LogP contribution in [0.4, 0.5) is 5.69 Å². The van der Waals surface area contributed by atoms with Gasteiger partial charge in [0.25, 0.3) is 0 Å². The number of halogens is 1. The van der Waals surface area contributed by atoms with Crippen LogP contribution in [-0.4, -0.2) is 26.0 Å². The average molecular weight is 353 g/mol. The van der Waals surface area contributed by atoms with Crippen molar-refractivity contribution in [2.45, 2.75) is 24.8 Å². The lowest BCUT2D eigenvalue weighted by molar-refractivity contribution is 0.570. The Kier molecular flexibility index (Phi) is 5.97. The van der Waals surface area contributed by atoms with Crippen molar-refractivity contribution in [3.05, 3.63) is 22.7 Å². The van der Waals surface area contributed by atoms with Gasteiger partial charge in [-0.05, 0) is 46.8 Å². The number of nitrogens with one attached hydrogen (secondary N) is 1. The number of sulfonamides is 1. The number of thioether (sulfide) groups is 1. The first kappa shape index (κ1) is 15.8. The topological polar surface area (TPSA) is 72.2 Å². The lowest BCUT2D eigenvalue weighted by Crippen LogP contribution is -2.34. The highest BCUT2D eigenvalue weighted by Crippen LogP contribution is 2.24. The van der Waals surface area contributed by atoms with Crippen LogP contribution in [0.3, 0.4) is 0 Å². The molecule has 1 rings (SSSR count). The Morgan fingerprint density at radius 2 is 2.17 bits per heavy atom. The van der Waals surface area contributed by atoms with Gasteiger partial charge >= 0.3 is 0 Å². The molecule has 0 aliphatic rings. The summed E-state index contributed by atoms with van der Waals surface area (Å²) in [5.74, 6) is 1.71. The van der Waals surface area contributed by atoms with Crippen molar-refractivity contribution >= 4 is 43.4 Å². The summed E-state index contributed by atoms with van der Waals surface area (Å²) < 4.78 is 27.5. The van der Waals surface area contributed by atoms with E-state index in [-0.39, 0.29) is 10.9 Å². The molecule has 1 unspecified atom stereocenters. The molecule has 1 atom stereocenters. The molecule has 0 heterocycles. The van der Waals surface area contributed by atoms with Crippen molar-refractivity contribution in [3.8, 4) is 0 Å². The zero-order valence-electron chi connectivity index (χ0n) is 10.3. The van der Waals surface area contributed by atoms with Crippen LogP contribution in [0.5, 0.6) is 0 Å². The Bertz CT molecular complexity index is 506. The largest absolute Gasteiger partial charge is 0.399 e. The van der Waals surface area contributed by atoms with Crippen molar-refractivity contribution in [2.75, 3.05) is 17.2 Å². The zero-order valence-corrected chi connectivity index (χ0v) is 13.5. The lowest BCUT2D eigenvalue weighted by Gasteiger charge is -2.14. The molecule has 0 spiro atoms. The molecule has 7 heteroatoms. The molecule has 4 nitrogen and oxygen atoms in total. The third-order valence-electron chi connectivity index (χ3n) is 2.17. The molecule has 0 fully saturated rings. The van der Waals surface area contributed by atoms with Gasteiger partial charge in [-0.15, -0.1) is 0 Å². The van der Waals surface area contributed by atoms with E-state index in [0.29, 0.717) is 10.2 Å². The fourth-order valence-corrected chi connectivity index (χ4v) is 4.40. The van der Waals surface area contributed by atoms with E-state index in [0.717, 1.165) is 11.5 Å². The van der Waals surface area contributed by atoms with Gasteiger partial charge in [0, 0.05) is 22.0 Å². The van der Waals surface area contributed by atoms with Crippen LogP contribution >= 0.6 is 27.7 Å². The molecule has 0 amide bonds. The predicted molar refractivity (Wildman–Crippen MR) is 81.3 cm³/mol. The van der Waals surface area contributed by atoms with Crippen molar-refractivity contribution in [3.63, 3.8) is 0 Å². The maximum atomic E-state index is 12.2. The molecule has 0 aliphatic heterocycles. The SMILES string of the molecule is CCSCC(C)NS(=O)(=O)c1cc(N)ccc1Br. The average Bonchev–Trinajstić information content (AvgIpc) is 2.29. The smallest absolute Gasteiger partial charge is 0.242 e. The first-order valence-electron chi connectivity index (χ1n) is 5.52. The lowest BCUT2D eigenvalue weighted by atomic mass is 10.3. The molecular formula is C11H17BrN2O2S2. The van der Waals surface area contributed by atoms with Gasteiger partial charge in [-0.3, -0.25) is 0 Å². The number of anilines is 1. The Morgan fingerprint density at radius 1 is 1.50 bits per heavy atom. The minimum absolute atomic E-state index is 0.117. The number of benzene rings is 1. The fourth-order valence-electron chi connectivity index (χ4n) is 1.38. The maximum absolute atomic E-state index is 12.2. The molecule has 3 N–H and O–H groups in total. The molecule has 0 radical (unpaired) electrons. The second kappa shape index (κ2) is 6.79. The molecule has 18 heavy (non-hydrogen) atoms. The van der Waals surface area contributed by atoms with Gasteiger partial charge in [0.15, 0.2) is 0 Å². The minimum Gasteiger partial charge on any atom is -0.399 e. The van der Waals surface area contributed by atoms with Crippen LogP contribution in [0, 0.1) is 0 Å². The van der Waals surface area contributed by atoms with Crippen LogP contribution in [0.1, 0.15) is 13.8 Å². The van der Waals surface area contributed by atoms with Gasteiger partial charge in [-0.25, -0.2) is 13.1 Å². The van der Waals surface area contributed by atoms with E-state index in [4.69, 9.17) is 5.73 Å². The van der Waals surface area contributed by atoms with Gasteiger partial charge in [0.1, 0.15) is 0 Å². The van der Waals surface area contributed by atoms with E-state index in [1.54, 1.807) is 23.9 Å². The fraction of sp³-hybridized carbons (Fsp3) is 0.455. The summed E-state index contributed by atoms with van der Waals surface area (Å²) in [6.45, 7) is 3.89. The van der Waals surface area contributed by atoms with Crippen molar-refractivity contribution in [1.29, 1.82) is 0 Å². The Hall–Kier alpha value is -0.240. The van der Waals surface area contributed by atoms with Crippen molar-refractivity contribution < 1.29 is 8.42 Å². The standard InChI is InChI=1S/C11H17BrN2O2S2/c1-3-17-7-8(2)14-18(15,16)11-6-9(13)4-5-10(11)12/h4-6,8,14H,3,7,13H2,1-2H3. The minimum atomic E-state index is -3.53. The van der Waals surface area contributed by atoms with Gasteiger partial charge in [0.2, 0.25) is 10.0 Å². The Morgan fingerprint density at radius 3 is 2.78 bits per heavy atom. The van der Waals surface area contributed by atoms with Crippen LogP contribution in [-0.2, 0) is 10.0 Å². The highest BCUT2D eigenvalue weighted by atomic mass is 79.9. The molecule has 0 bridgehead atoms. The summed E-state index contributed by atoms with van der Waals surface area (Å²) in [5.41, 5.74) is 6.04. The molecule has 0 saturated carbocycles. The van der Waals surface area contributed by atoms with Crippen molar-refractivity contribution in [2.24, 2.45) is 0 Å². The number of hydrogen-bond donors (Lipinski definition) is 2. The van der Waals surface area contributed by atoms with E-state index in [1.165, 1.54) is 6.07 Å². The number of rotatable bonds is 6.